The summed E-state index contributed by atoms with van der Waals surface area (Å²) in [6.07, 6.45) is 1.66. The Bertz CT molecular complexity index is 229. The van der Waals surface area contributed by atoms with E-state index in [1.165, 1.54) is 0 Å². The second-order valence-electron chi connectivity index (χ2n) is 4.59. The molecular weight excluding hydrogens is 192 g/mol. The lowest BCUT2D eigenvalue weighted by atomic mass is 9.95. The van der Waals surface area contributed by atoms with Crippen LogP contribution >= 0.6 is 0 Å². The molecule has 0 bridgehead atoms. The van der Waals surface area contributed by atoms with E-state index in [1.54, 1.807) is 0 Å². The lowest BCUT2D eigenvalue weighted by Crippen LogP contribution is -2.58. The van der Waals surface area contributed by atoms with E-state index in [2.05, 4.69) is 0 Å². The van der Waals surface area contributed by atoms with Crippen LogP contribution in [0, 0.1) is 0 Å². The van der Waals surface area contributed by atoms with Gasteiger partial charge in [-0.1, -0.05) is 13.3 Å². The first-order valence-electron chi connectivity index (χ1n) is 5.66. The van der Waals surface area contributed by atoms with Gasteiger partial charge in [-0.05, 0) is 20.3 Å². The van der Waals surface area contributed by atoms with Crippen molar-refractivity contribution in [3.8, 4) is 0 Å². The quantitative estimate of drug-likeness (QED) is 0.754. The number of ether oxygens (including phenoxy) is 1. The molecule has 1 saturated heterocycles. The average molecular weight is 214 g/mol. The van der Waals surface area contributed by atoms with Crippen LogP contribution in [0.5, 0.6) is 0 Å². The second-order valence-corrected chi connectivity index (χ2v) is 4.59. The summed E-state index contributed by atoms with van der Waals surface area (Å²) in [4.78, 5) is 14.0. The monoisotopic (exact) mass is 214 g/mol. The van der Waals surface area contributed by atoms with Gasteiger partial charge in [-0.25, -0.2) is 0 Å². The first-order valence-corrected chi connectivity index (χ1v) is 5.66. The number of nitrogens with two attached hydrogens (primary N) is 1. The average Bonchev–Trinajstić information content (AvgIpc) is 2.17. The predicted molar refractivity (Wildman–Crippen MR) is 59.5 cm³/mol. The van der Waals surface area contributed by atoms with Gasteiger partial charge in [-0.15, -0.1) is 0 Å². The third kappa shape index (κ3) is 2.92. The van der Waals surface area contributed by atoms with E-state index in [0.29, 0.717) is 19.8 Å². The molecule has 1 amide bonds. The van der Waals surface area contributed by atoms with Gasteiger partial charge in [0.2, 0.25) is 5.91 Å². The highest BCUT2D eigenvalue weighted by atomic mass is 16.5. The highest BCUT2D eigenvalue weighted by Crippen LogP contribution is 2.16. The Hall–Kier alpha value is -0.610. The van der Waals surface area contributed by atoms with Gasteiger partial charge in [0.15, 0.2) is 0 Å². The van der Waals surface area contributed by atoms with E-state index < -0.39 is 5.54 Å². The van der Waals surface area contributed by atoms with Crippen LogP contribution in [-0.4, -0.2) is 42.1 Å². The Balaban J connectivity index is 2.65. The number of morpholine rings is 1. The van der Waals surface area contributed by atoms with E-state index in [0.717, 1.165) is 12.8 Å². The SMILES string of the molecule is CCCC(C)(N)C(=O)N1CCOCC1C. The van der Waals surface area contributed by atoms with Crippen molar-refractivity contribution in [2.75, 3.05) is 19.8 Å². The first-order chi connectivity index (χ1) is 6.99. The molecule has 1 aliphatic heterocycles. The Morgan fingerprint density at radius 3 is 2.87 bits per heavy atom. The number of nitrogens with zero attached hydrogens (tertiary/aromatic N) is 1. The highest BCUT2D eigenvalue weighted by Gasteiger charge is 2.35. The van der Waals surface area contributed by atoms with Crippen LogP contribution in [0.4, 0.5) is 0 Å². The first kappa shape index (κ1) is 12.5. The Morgan fingerprint density at radius 1 is 1.67 bits per heavy atom. The zero-order valence-corrected chi connectivity index (χ0v) is 9.95. The van der Waals surface area contributed by atoms with Crippen LogP contribution in [0.2, 0.25) is 0 Å². The molecule has 0 saturated carbocycles. The fraction of sp³-hybridized carbons (Fsp3) is 0.909. The van der Waals surface area contributed by atoms with Crippen molar-refractivity contribution in [1.29, 1.82) is 0 Å². The minimum atomic E-state index is -0.722. The molecule has 1 aliphatic rings. The maximum Gasteiger partial charge on any atom is 0.242 e. The van der Waals surface area contributed by atoms with E-state index in [4.69, 9.17) is 10.5 Å². The summed E-state index contributed by atoms with van der Waals surface area (Å²) in [5, 5.41) is 0. The van der Waals surface area contributed by atoms with Crippen molar-refractivity contribution in [2.45, 2.75) is 45.2 Å². The molecule has 0 aromatic heterocycles. The summed E-state index contributed by atoms with van der Waals surface area (Å²) in [5.41, 5.74) is 5.31. The lowest BCUT2D eigenvalue weighted by Gasteiger charge is -2.38. The number of amides is 1. The summed E-state index contributed by atoms with van der Waals surface area (Å²) >= 11 is 0. The van der Waals surface area contributed by atoms with Crippen LogP contribution in [0.25, 0.3) is 0 Å². The van der Waals surface area contributed by atoms with Gasteiger partial charge in [0.05, 0.1) is 24.8 Å². The molecule has 0 spiro atoms. The zero-order chi connectivity index (χ0) is 11.5. The maximum absolute atomic E-state index is 12.2. The van der Waals surface area contributed by atoms with Gasteiger partial charge in [0, 0.05) is 6.54 Å². The highest BCUT2D eigenvalue weighted by molar-refractivity contribution is 5.86. The Labute approximate surface area is 91.8 Å². The summed E-state index contributed by atoms with van der Waals surface area (Å²) < 4.78 is 5.30. The van der Waals surface area contributed by atoms with Gasteiger partial charge >= 0.3 is 0 Å². The van der Waals surface area contributed by atoms with Crippen molar-refractivity contribution in [2.24, 2.45) is 5.73 Å². The molecule has 4 nitrogen and oxygen atoms in total. The predicted octanol–water partition coefficient (Wildman–Crippen LogP) is 0.751. The molecule has 88 valence electrons. The molecule has 1 rings (SSSR count). The minimum absolute atomic E-state index is 0.0557. The number of carbonyl (C=O) groups is 1. The molecular formula is C11H22N2O2. The van der Waals surface area contributed by atoms with E-state index in [-0.39, 0.29) is 11.9 Å². The molecule has 0 aromatic carbocycles. The molecule has 4 heteroatoms. The normalized spacial score (nSPS) is 26.1. The topological polar surface area (TPSA) is 55.6 Å². The van der Waals surface area contributed by atoms with Gasteiger partial charge in [-0.2, -0.15) is 0 Å². The van der Waals surface area contributed by atoms with Crippen molar-refractivity contribution in [1.82, 2.24) is 4.90 Å². The van der Waals surface area contributed by atoms with Gasteiger partial charge in [-0.3, -0.25) is 4.79 Å². The second kappa shape index (κ2) is 4.94. The summed E-state index contributed by atoms with van der Waals surface area (Å²) in [5.74, 6) is 0.0557. The van der Waals surface area contributed by atoms with Gasteiger partial charge in [0.25, 0.3) is 0 Å². The molecule has 15 heavy (non-hydrogen) atoms. The standard InChI is InChI=1S/C11H22N2O2/c1-4-5-11(3,12)10(14)13-6-7-15-8-9(13)2/h9H,4-8,12H2,1-3H3. The third-order valence-corrected chi connectivity index (χ3v) is 2.89. The maximum atomic E-state index is 12.2. The number of carbonyl (C=O) groups excluding carboxylic acids is 1. The van der Waals surface area contributed by atoms with Crippen molar-refractivity contribution >= 4 is 5.91 Å². The molecule has 0 radical (unpaired) electrons. The van der Waals surface area contributed by atoms with Gasteiger partial charge in [0.1, 0.15) is 0 Å². The Kier molecular flexibility index (Phi) is 4.11. The summed E-state index contributed by atoms with van der Waals surface area (Å²) in [6.45, 7) is 7.77. The van der Waals surface area contributed by atoms with Crippen LogP contribution in [0.1, 0.15) is 33.6 Å². The fourth-order valence-electron chi connectivity index (χ4n) is 1.98. The fourth-order valence-corrected chi connectivity index (χ4v) is 1.98. The number of hydrogen-bond donors (Lipinski definition) is 1. The van der Waals surface area contributed by atoms with Crippen molar-refractivity contribution in [3.05, 3.63) is 0 Å². The van der Waals surface area contributed by atoms with Gasteiger partial charge < -0.3 is 15.4 Å². The molecule has 2 unspecified atom stereocenters. The van der Waals surface area contributed by atoms with Crippen LogP contribution < -0.4 is 5.73 Å². The minimum Gasteiger partial charge on any atom is -0.377 e. The number of hydrogen-bond acceptors (Lipinski definition) is 3. The molecule has 0 aliphatic carbocycles. The van der Waals surface area contributed by atoms with Crippen LogP contribution in [0.3, 0.4) is 0 Å². The molecule has 2 N–H and O–H groups in total. The summed E-state index contributed by atoms with van der Waals surface area (Å²) in [6, 6.07) is 0.144. The zero-order valence-electron chi connectivity index (χ0n) is 9.95. The van der Waals surface area contributed by atoms with E-state index >= 15 is 0 Å². The van der Waals surface area contributed by atoms with Crippen molar-refractivity contribution < 1.29 is 9.53 Å². The Morgan fingerprint density at radius 2 is 2.33 bits per heavy atom. The largest absolute Gasteiger partial charge is 0.377 e. The van der Waals surface area contributed by atoms with E-state index in [9.17, 15) is 4.79 Å². The summed E-state index contributed by atoms with van der Waals surface area (Å²) in [7, 11) is 0. The molecule has 1 heterocycles. The van der Waals surface area contributed by atoms with E-state index in [1.807, 2.05) is 25.7 Å². The molecule has 1 fully saturated rings. The third-order valence-electron chi connectivity index (χ3n) is 2.89. The lowest BCUT2D eigenvalue weighted by molar-refractivity contribution is -0.144. The smallest absolute Gasteiger partial charge is 0.242 e. The number of rotatable bonds is 3. The van der Waals surface area contributed by atoms with Crippen LogP contribution in [-0.2, 0) is 9.53 Å². The molecule has 2 atom stereocenters. The van der Waals surface area contributed by atoms with Crippen molar-refractivity contribution in [3.63, 3.8) is 0 Å². The molecule has 0 aromatic rings. The van der Waals surface area contributed by atoms with Crippen LogP contribution in [0.15, 0.2) is 0 Å².